The van der Waals surface area contributed by atoms with Crippen LogP contribution in [-0.4, -0.2) is 17.9 Å². The zero-order valence-electron chi connectivity index (χ0n) is 12.5. The summed E-state index contributed by atoms with van der Waals surface area (Å²) >= 11 is 0. The van der Waals surface area contributed by atoms with E-state index in [1.54, 1.807) is 0 Å². The van der Waals surface area contributed by atoms with E-state index in [2.05, 4.69) is 10.6 Å². The van der Waals surface area contributed by atoms with E-state index in [0.717, 1.165) is 36.9 Å². The second kappa shape index (κ2) is 7.11. The lowest BCUT2D eigenvalue weighted by Gasteiger charge is -2.30. The lowest BCUT2D eigenvalue weighted by atomic mass is 9.83. The summed E-state index contributed by atoms with van der Waals surface area (Å²) in [6.45, 7) is 2.00. The summed E-state index contributed by atoms with van der Waals surface area (Å²) in [4.78, 5) is 12.1. The molecule has 2 rings (SSSR count). The van der Waals surface area contributed by atoms with Crippen LogP contribution in [0.25, 0.3) is 0 Å². The predicted octanol–water partition coefficient (Wildman–Crippen LogP) is 3.00. The molecule has 5 heteroatoms. The second-order valence-electron chi connectivity index (χ2n) is 5.80. The highest BCUT2D eigenvalue weighted by Gasteiger charge is 2.27. The van der Waals surface area contributed by atoms with Crippen molar-refractivity contribution < 1.29 is 4.79 Å². The third-order valence-corrected chi connectivity index (χ3v) is 4.05. The molecule has 1 saturated carbocycles. The lowest BCUT2D eigenvalue weighted by Crippen LogP contribution is -2.50. The number of hydrogen-bond acceptors (Lipinski definition) is 2. The molecule has 5 N–H and O–H groups in total. The molecule has 0 heterocycles. The van der Waals surface area contributed by atoms with E-state index < -0.39 is 0 Å². The van der Waals surface area contributed by atoms with E-state index in [0.29, 0.717) is 0 Å². The summed E-state index contributed by atoms with van der Waals surface area (Å²) in [7, 11) is 0. The van der Waals surface area contributed by atoms with Gasteiger partial charge in [-0.2, -0.15) is 0 Å². The molecular weight excluding hydrogens is 264 g/mol. The number of aryl methyl sites for hydroxylation is 1. The zero-order chi connectivity index (χ0) is 15.2. The highest BCUT2D eigenvalue weighted by atomic mass is 16.2. The Morgan fingerprint density at radius 2 is 1.86 bits per heavy atom. The largest absolute Gasteiger partial charge is 0.386 e. The lowest BCUT2D eigenvalue weighted by molar-refractivity contribution is 0.242. The first-order valence-corrected chi connectivity index (χ1v) is 7.54. The molecule has 0 bridgehead atoms. The van der Waals surface area contributed by atoms with E-state index in [1.807, 2.05) is 31.2 Å². The van der Waals surface area contributed by atoms with Gasteiger partial charge < -0.3 is 16.4 Å². The zero-order valence-corrected chi connectivity index (χ0v) is 12.5. The molecule has 1 aromatic rings. The minimum Gasteiger partial charge on any atom is -0.386 e. The van der Waals surface area contributed by atoms with Crippen LogP contribution in [-0.2, 0) is 0 Å². The van der Waals surface area contributed by atoms with Gasteiger partial charge >= 0.3 is 6.03 Å². The highest BCUT2D eigenvalue weighted by molar-refractivity contribution is 5.94. The summed E-state index contributed by atoms with van der Waals surface area (Å²) in [5.41, 5.74) is 7.55. The average molecular weight is 288 g/mol. The first kappa shape index (κ1) is 15.4. The monoisotopic (exact) mass is 288 g/mol. The van der Waals surface area contributed by atoms with E-state index in [1.165, 1.54) is 6.42 Å². The van der Waals surface area contributed by atoms with Crippen LogP contribution >= 0.6 is 0 Å². The third-order valence-electron chi connectivity index (χ3n) is 4.05. The Labute approximate surface area is 125 Å². The van der Waals surface area contributed by atoms with Gasteiger partial charge in [-0.05, 0) is 37.8 Å². The molecule has 0 spiro atoms. The van der Waals surface area contributed by atoms with Gasteiger partial charge in [-0.1, -0.05) is 37.0 Å². The average Bonchev–Trinajstić information content (AvgIpc) is 2.48. The van der Waals surface area contributed by atoms with Crippen LogP contribution in [0.5, 0.6) is 0 Å². The molecule has 1 fully saturated rings. The summed E-state index contributed by atoms with van der Waals surface area (Å²) in [5.74, 6) is 0.320. The van der Waals surface area contributed by atoms with Crippen molar-refractivity contribution in [3.63, 3.8) is 0 Å². The topological polar surface area (TPSA) is 91.0 Å². The van der Waals surface area contributed by atoms with Crippen molar-refractivity contribution in [1.82, 2.24) is 5.32 Å². The molecule has 21 heavy (non-hydrogen) atoms. The first-order valence-electron chi connectivity index (χ1n) is 7.54. The smallest absolute Gasteiger partial charge is 0.319 e. The highest BCUT2D eigenvalue weighted by Crippen LogP contribution is 2.26. The Morgan fingerprint density at radius 3 is 2.43 bits per heavy atom. The predicted molar refractivity (Wildman–Crippen MR) is 85.6 cm³/mol. The van der Waals surface area contributed by atoms with Crippen LogP contribution in [0.3, 0.4) is 0 Å². The molecule has 0 aromatic heterocycles. The van der Waals surface area contributed by atoms with E-state index in [-0.39, 0.29) is 23.8 Å². The van der Waals surface area contributed by atoms with E-state index in [9.17, 15) is 4.79 Å². The Balaban J connectivity index is 1.94. The van der Waals surface area contributed by atoms with Gasteiger partial charge in [0.1, 0.15) is 5.84 Å². The Morgan fingerprint density at radius 1 is 1.24 bits per heavy atom. The number of nitrogens with two attached hydrogens (primary N) is 1. The summed E-state index contributed by atoms with van der Waals surface area (Å²) < 4.78 is 0. The maximum absolute atomic E-state index is 12.1. The van der Waals surface area contributed by atoms with Gasteiger partial charge in [-0.25, -0.2) is 4.79 Å². The fourth-order valence-electron chi connectivity index (χ4n) is 2.86. The van der Waals surface area contributed by atoms with Crippen molar-refractivity contribution in [3.8, 4) is 0 Å². The summed E-state index contributed by atoms with van der Waals surface area (Å²) in [5, 5.41) is 13.4. The van der Waals surface area contributed by atoms with Gasteiger partial charge in [0.25, 0.3) is 0 Å². The Bertz CT molecular complexity index is 492. The quantitative estimate of drug-likeness (QED) is 0.506. The first-order chi connectivity index (χ1) is 10.1. The van der Waals surface area contributed by atoms with Crippen molar-refractivity contribution in [2.75, 3.05) is 5.32 Å². The standard InChI is InChI=1S/C16H24N4O/c1-11-7-9-13(10-8-11)19-16(21)20-14(15(17)18)12-5-3-2-4-6-12/h7-10,12,14H,2-6H2,1H3,(H3,17,18)(H2,19,20,21). The fraction of sp³-hybridized carbons (Fsp3) is 0.500. The minimum absolute atomic E-state index is 0.0426. The number of anilines is 1. The van der Waals surface area contributed by atoms with E-state index in [4.69, 9.17) is 11.1 Å². The molecule has 1 aliphatic carbocycles. The normalized spacial score (nSPS) is 17.0. The van der Waals surface area contributed by atoms with Crippen LogP contribution in [0.2, 0.25) is 0 Å². The van der Waals surface area contributed by atoms with Crippen molar-refractivity contribution in [2.24, 2.45) is 11.7 Å². The number of hydrogen-bond donors (Lipinski definition) is 4. The molecule has 1 unspecified atom stereocenters. The number of amides is 2. The van der Waals surface area contributed by atoms with Gasteiger partial charge in [-0.15, -0.1) is 0 Å². The molecule has 114 valence electrons. The number of carbonyl (C=O) groups excluding carboxylic acids is 1. The molecule has 2 amide bonds. The van der Waals surface area contributed by atoms with Crippen molar-refractivity contribution in [1.29, 1.82) is 5.41 Å². The van der Waals surface area contributed by atoms with Crippen LogP contribution in [0.1, 0.15) is 37.7 Å². The van der Waals surface area contributed by atoms with E-state index >= 15 is 0 Å². The van der Waals surface area contributed by atoms with Crippen molar-refractivity contribution in [3.05, 3.63) is 29.8 Å². The van der Waals surface area contributed by atoms with Crippen LogP contribution in [0.4, 0.5) is 10.5 Å². The maximum Gasteiger partial charge on any atom is 0.319 e. The number of benzene rings is 1. The number of amidine groups is 1. The Hall–Kier alpha value is -2.04. The third kappa shape index (κ3) is 4.48. The summed E-state index contributed by atoms with van der Waals surface area (Å²) in [6.07, 6.45) is 5.58. The molecular formula is C16H24N4O. The molecule has 0 aliphatic heterocycles. The molecule has 0 saturated heterocycles. The van der Waals surface area contributed by atoms with Gasteiger partial charge in [0.05, 0.1) is 6.04 Å². The number of carbonyl (C=O) groups is 1. The van der Waals surface area contributed by atoms with Crippen LogP contribution in [0, 0.1) is 18.3 Å². The minimum atomic E-state index is -0.365. The molecule has 1 aromatic carbocycles. The molecule has 0 radical (unpaired) electrons. The molecule has 1 atom stereocenters. The Kier molecular flexibility index (Phi) is 5.20. The summed E-state index contributed by atoms with van der Waals surface area (Å²) in [6, 6.07) is 6.94. The SMILES string of the molecule is Cc1ccc(NC(=O)NC(C(=N)N)C2CCCCC2)cc1. The van der Waals surface area contributed by atoms with Crippen LogP contribution in [0.15, 0.2) is 24.3 Å². The van der Waals surface area contributed by atoms with Crippen molar-refractivity contribution in [2.45, 2.75) is 45.1 Å². The molecule has 1 aliphatic rings. The number of urea groups is 1. The maximum atomic E-state index is 12.1. The fourth-order valence-corrected chi connectivity index (χ4v) is 2.86. The molecule has 5 nitrogen and oxygen atoms in total. The van der Waals surface area contributed by atoms with Gasteiger partial charge in [0, 0.05) is 5.69 Å². The van der Waals surface area contributed by atoms with Crippen molar-refractivity contribution >= 4 is 17.6 Å². The second-order valence-corrected chi connectivity index (χ2v) is 5.80. The van der Waals surface area contributed by atoms with Gasteiger partial charge in [0.2, 0.25) is 0 Å². The number of rotatable bonds is 4. The van der Waals surface area contributed by atoms with Gasteiger partial charge in [0.15, 0.2) is 0 Å². The number of nitrogens with one attached hydrogen (secondary N) is 3. The van der Waals surface area contributed by atoms with Gasteiger partial charge in [-0.3, -0.25) is 5.41 Å². The van der Waals surface area contributed by atoms with Crippen LogP contribution < -0.4 is 16.4 Å².